The Morgan fingerprint density at radius 2 is 1.88 bits per heavy atom. The van der Waals surface area contributed by atoms with Crippen LogP contribution < -0.4 is 10.6 Å². The molecule has 32 heavy (non-hydrogen) atoms. The number of aliphatic hydroxyl groups excluding tert-OH is 1. The Morgan fingerprint density at radius 1 is 1.09 bits per heavy atom. The van der Waals surface area contributed by atoms with Gasteiger partial charge >= 0.3 is 0 Å². The SMILES string of the molecule is CCn1c(C(=O)N[C@H]2CC[C@H](O)CC2)nc2c(N[C@H]3CCN(C(=O)C4CC4)C3)ncnc21. The van der Waals surface area contributed by atoms with Gasteiger partial charge in [-0.1, -0.05) is 0 Å². The van der Waals surface area contributed by atoms with Crippen molar-refractivity contribution in [2.24, 2.45) is 5.92 Å². The van der Waals surface area contributed by atoms with Crippen molar-refractivity contribution in [2.45, 2.75) is 76.6 Å². The molecular weight excluding hydrogens is 410 g/mol. The predicted molar refractivity (Wildman–Crippen MR) is 118 cm³/mol. The number of anilines is 1. The maximum Gasteiger partial charge on any atom is 0.287 e. The van der Waals surface area contributed by atoms with E-state index in [0.717, 1.165) is 38.6 Å². The first kappa shape index (κ1) is 21.1. The van der Waals surface area contributed by atoms with E-state index < -0.39 is 0 Å². The molecule has 0 spiro atoms. The molecule has 2 saturated carbocycles. The number of amides is 2. The fraction of sp³-hybridized carbons (Fsp3) is 0.682. The molecule has 2 amide bonds. The summed E-state index contributed by atoms with van der Waals surface area (Å²) in [6.45, 7) is 3.94. The van der Waals surface area contributed by atoms with E-state index in [2.05, 4.69) is 25.6 Å². The van der Waals surface area contributed by atoms with Gasteiger partial charge in [0.2, 0.25) is 11.7 Å². The quantitative estimate of drug-likeness (QED) is 0.617. The van der Waals surface area contributed by atoms with Crippen molar-refractivity contribution >= 4 is 28.8 Å². The Bertz CT molecular complexity index is 1010. The van der Waals surface area contributed by atoms with Crippen LogP contribution in [-0.4, -0.2) is 72.6 Å². The van der Waals surface area contributed by atoms with E-state index in [4.69, 9.17) is 0 Å². The molecule has 172 valence electrons. The number of rotatable bonds is 6. The first-order valence-electron chi connectivity index (χ1n) is 11.8. The van der Waals surface area contributed by atoms with E-state index in [9.17, 15) is 14.7 Å². The number of aliphatic hydroxyl groups is 1. The maximum atomic E-state index is 13.0. The van der Waals surface area contributed by atoms with Crippen molar-refractivity contribution in [3.8, 4) is 0 Å². The second kappa shape index (κ2) is 8.65. The molecular formula is C22H31N7O3. The number of aryl methyl sites for hydroxylation is 1. The first-order chi connectivity index (χ1) is 15.5. The van der Waals surface area contributed by atoms with Gasteiger partial charge in [0.15, 0.2) is 17.0 Å². The molecule has 2 aromatic heterocycles. The fourth-order valence-electron chi connectivity index (χ4n) is 4.85. The standard InChI is InChI=1S/C22H31N7O3/c1-2-29-19-17(27-20(29)21(31)26-14-5-7-16(30)8-6-14)18(23-12-24-19)25-15-9-10-28(11-15)22(32)13-3-4-13/h12-16,30H,2-11H2,1H3,(H,26,31)(H,23,24,25)/t14-,15-,16-/m0/s1. The lowest BCUT2D eigenvalue weighted by Gasteiger charge is -2.26. The van der Waals surface area contributed by atoms with Crippen molar-refractivity contribution in [3.63, 3.8) is 0 Å². The lowest BCUT2D eigenvalue weighted by atomic mass is 9.93. The molecule has 3 N–H and O–H groups in total. The highest BCUT2D eigenvalue weighted by molar-refractivity contribution is 5.96. The normalized spacial score (nSPS) is 25.8. The highest BCUT2D eigenvalue weighted by atomic mass is 16.3. The number of nitrogens with zero attached hydrogens (tertiary/aromatic N) is 5. The molecule has 0 radical (unpaired) electrons. The molecule has 10 heteroatoms. The minimum absolute atomic E-state index is 0.0492. The zero-order valence-corrected chi connectivity index (χ0v) is 18.5. The number of hydrogen-bond acceptors (Lipinski definition) is 7. The number of nitrogens with one attached hydrogen (secondary N) is 2. The number of carbonyl (C=O) groups excluding carboxylic acids is 2. The van der Waals surface area contributed by atoms with Gasteiger partial charge in [-0.25, -0.2) is 15.0 Å². The second-order valence-electron chi connectivity index (χ2n) is 9.24. The molecule has 1 atom stereocenters. The van der Waals surface area contributed by atoms with E-state index in [1.54, 1.807) is 0 Å². The Kier molecular flexibility index (Phi) is 5.71. The molecule has 3 aliphatic rings. The van der Waals surface area contributed by atoms with Gasteiger partial charge in [0.1, 0.15) is 6.33 Å². The van der Waals surface area contributed by atoms with Crippen LogP contribution in [-0.2, 0) is 11.3 Å². The highest BCUT2D eigenvalue weighted by Crippen LogP contribution is 2.32. The van der Waals surface area contributed by atoms with Crippen LogP contribution in [0.2, 0.25) is 0 Å². The second-order valence-corrected chi connectivity index (χ2v) is 9.24. The van der Waals surface area contributed by atoms with Gasteiger partial charge in [0, 0.05) is 37.6 Å². The van der Waals surface area contributed by atoms with Gasteiger partial charge in [-0.3, -0.25) is 9.59 Å². The fourth-order valence-corrected chi connectivity index (χ4v) is 4.85. The Morgan fingerprint density at radius 3 is 2.59 bits per heavy atom. The Balaban J connectivity index is 1.33. The number of likely N-dealkylation sites (tertiary alicyclic amines) is 1. The number of imidazole rings is 1. The molecule has 10 nitrogen and oxygen atoms in total. The minimum atomic E-state index is -0.265. The summed E-state index contributed by atoms with van der Waals surface area (Å²) in [5, 5.41) is 16.2. The molecule has 2 aromatic rings. The summed E-state index contributed by atoms with van der Waals surface area (Å²) in [6.07, 6.45) is 7.06. The van der Waals surface area contributed by atoms with Crippen LogP contribution in [0.15, 0.2) is 6.33 Å². The molecule has 3 heterocycles. The van der Waals surface area contributed by atoms with Crippen LogP contribution in [0.4, 0.5) is 5.82 Å². The number of carbonyl (C=O) groups is 2. The van der Waals surface area contributed by atoms with Crippen molar-refractivity contribution in [1.29, 1.82) is 0 Å². The van der Waals surface area contributed by atoms with E-state index in [0.29, 0.717) is 48.7 Å². The summed E-state index contributed by atoms with van der Waals surface area (Å²) < 4.78 is 1.81. The lowest BCUT2D eigenvalue weighted by Crippen LogP contribution is -2.39. The Labute approximate surface area is 186 Å². The van der Waals surface area contributed by atoms with Crippen LogP contribution in [0.1, 0.15) is 62.5 Å². The molecule has 0 bridgehead atoms. The topological polar surface area (TPSA) is 125 Å². The highest BCUT2D eigenvalue weighted by Gasteiger charge is 2.37. The van der Waals surface area contributed by atoms with E-state index in [1.807, 2.05) is 16.4 Å². The molecule has 2 aliphatic carbocycles. The third-order valence-corrected chi connectivity index (χ3v) is 6.85. The van der Waals surface area contributed by atoms with Crippen LogP contribution >= 0.6 is 0 Å². The number of fused-ring (bicyclic) bond motifs is 1. The molecule has 0 unspecified atom stereocenters. The molecule has 0 aromatic carbocycles. The number of aromatic nitrogens is 4. The summed E-state index contributed by atoms with van der Waals surface area (Å²) >= 11 is 0. The monoisotopic (exact) mass is 441 g/mol. The first-order valence-corrected chi connectivity index (χ1v) is 11.8. The third-order valence-electron chi connectivity index (χ3n) is 6.85. The van der Waals surface area contributed by atoms with Gasteiger partial charge < -0.3 is 25.2 Å². The Hall–Kier alpha value is -2.75. The van der Waals surface area contributed by atoms with Crippen LogP contribution in [0, 0.1) is 5.92 Å². The van der Waals surface area contributed by atoms with Crippen LogP contribution in [0.25, 0.3) is 11.2 Å². The summed E-state index contributed by atoms with van der Waals surface area (Å²) in [5.74, 6) is 1.20. The van der Waals surface area contributed by atoms with Gasteiger partial charge in [-0.2, -0.15) is 0 Å². The summed E-state index contributed by atoms with van der Waals surface area (Å²) in [7, 11) is 0. The van der Waals surface area contributed by atoms with Gasteiger partial charge in [0.05, 0.1) is 6.10 Å². The van der Waals surface area contributed by atoms with Gasteiger partial charge in [0.25, 0.3) is 5.91 Å². The van der Waals surface area contributed by atoms with Crippen molar-refractivity contribution in [1.82, 2.24) is 29.7 Å². The third kappa shape index (κ3) is 4.15. The predicted octanol–water partition coefficient (Wildman–Crippen LogP) is 1.30. The van der Waals surface area contributed by atoms with Gasteiger partial charge in [-0.15, -0.1) is 0 Å². The lowest BCUT2D eigenvalue weighted by molar-refractivity contribution is -0.131. The number of hydrogen-bond donors (Lipinski definition) is 3. The smallest absolute Gasteiger partial charge is 0.287 e. The summed E-state index contributed by atoms with van der Waals surface area (Å²) in [5.41, 5.74) is 1.20. The van der Waals surface area contributed by atoms with E-state index in [1.165, 1.54) is 6.33 Å². The largest absolute Gasteiger partial charge is 0.393 e. The molecule has 1 saturated heterocycles. The average molecular weight is 442 g/mol. The average Bonchev–Trinajstić information content (AvgIpc) is 3.42. The van der Waals surface area contributed by atoms with Crippen LogP contribution in [0.3, 0.4) is 0 Å². The van der Waals surface area contributed by atoms with Gasteiger partial charge in [-0.05, 0) is 51.9 Å². The molecule has 5 rings (SSSR count). The van der Waals surface area contributed by atoms with Crippen molar-refractivity contribution < 1.29 is 14.7 Å². The molecule has 1 aliphatic heterocycles. The molecule has 3 fully saturated rings. The van der Waals surface area contributed by atoms with Crippen LogP contribution in [0.5, 0.6) is 0 Å². The van der Waals surface area contributed by atoms with Crippen molar-refractivity contribution in [3.05, 3.63) is 12.2 Å². The summed E-state index contributed by atoms with van der Waals surface area (Å²) in [4.78, 5) is 40.7. The zero-order valence-electron chi connectivity index (χ0n) is 18.5. The van der Waals surface area contributed by atoms with Crippen molar-refractivity contribution in [2.75, 3.05) is 18.4 Å². The minimum Gasteiger partial charge on any atom is -0.393 e. The van der Waals surface area contributed by atoms with E-state index in [-0.39, 0.29) is 35.9 Å². The maximum absolute atomic E-state index is 13.0. The summed E-state index contributed by atoms with van der Waals surface area (Å²) in [6, 6.07) is 0.154. The zero-order chi connectivity index (χ0) is 22.2. The van der Waals surface area contributed by atoms with E-state index >= 15 is 0 Å².